The molecule has 0 amide bonds. The van der Waals surface area contributed by atoms with Gasteiger partial charge in [0.15, 0.2) is 0 Å². The van der Waals surface area contributed by atoms with Gasteiger partial charge in [-0.05, 0) is 26.0 Å². The molecule has 0 aliphatic carbocycles. The third-order valence-electron chi connectivity index (χ3n) is 2.64. The number of aliphatic hydroxyl groups is 1. The lowest BCUT2D eigenvalue weighted by Gasteiger charge is -2.15. The number of hydrogen-bond donors (Lipinski definition) is 2. The highest BCUT2D eigenvalue weighted by Crippen LogP contribution is 2.23. The highest BCUT2D eigenvalue weighted by Gasteiger charge is 2.07. The van der Waals surface area contributed by atoms with Crippen LogP contribution in [0.25, 0.3) is 0 Å². The largest absolute Gasteiger partial charge is 0.493 e. The van der Waals surface area contributed by atoms with Gasteiger partial charge in [0.1, 0.15) is 5.75 Å². The van der Waals surface area contributed by atoms with Gasteiger partial charge in [-0.2, -0.15) is 0 Å². The van der Waals surface area contributed by atoms with Crippen molar-refractivity contribution in [2.75, 3.05) is 13.2 Å². The predicted octanol–water partition coefficient (Wildman–Crippen LogP) is 2.25. The molecule has 1 aromatic rings. The molecule has 0 saturated carbocycles. The second kappa shape index (κ2) is 7.30. The number of aryl methyl sites for hydroxylation is 1. The highest BCUT2D eigenvalue weighted by atomic mass is 16.5. The summed E-state index contributed by atoms with van der Waals surface area (Å²) in [6.07, 6.45) is 0.353. The minimum Gasteiger partial charge on any atom is -0.493 e. The number of rotatable bonds is 7. The van der Waals surface area contributed by atoms with Crippen LogP contribution in [0.15, 0.2) is 18.2 Å². The van der Waals surface area contributed by atoms with Gasteiger partial charge in [0.05, 0.1) is 12.7 Å². The van der Waals surface area contributed by atoms with E-state index in [9.17, 15) is 5.11 Å². The van der Waals surface area contributed by atoms with E-state index in [1.807, 2.05) is 19.1 Å². The molecule has 0 radical (unpaired) electrons. The molecule has 0 aromatic heterocycles. The van der Waals surface area contributed by atoms with Gasteiger partial charge in [-0.3, -0.25) is 0 Å². The van der Waals surface area contributed by atoms with E-state index in [0.29, 0.717) is 13.0 Å². The fourth-order valence-corrected chi connectivity index (χ4v) is 1.65. The summed E-state index contributed by atoms with van der Waals surface area (Å²) in [5.74, 6) is 0.953. The molecular formula is C14H23NO2. The molecule has 0 aliphatic heterocycles. The molecule has 0 bridgehead atoms. The molecule has 1 unspecified atom stereocenters. The molecule has 0 fully saturated rings. The first-order valence-corrected chi connectivity index (χ1v) is 6.25. The number of hydrogen-bond acceptors (Lipinski definition) is 3. The van der Waals surface area contributed by atoms with Crippen LogP contribution in [0.5, 0.6) is 5.75 Å². The molecular weight excluding hydrogens is 214 g/mol. The van der Waals surface area contributed by atoms with E-state index in [4.69, 9.17) is 4.74 Å². The summed E-state index contributed by atoms with van der Waals surface area (Å²) in [7, 11) is 0. The normalized spacial score (nSPS) is 12.5. The lowest BCUT2D eigenvalue weighted by molar-refractivity contribution is 0.155. The Labute approximate surface area is 104 Å². The molecule has 3 nitrogen and oxygen atoms in total. The predicted molar refractivity (Wildman–Crippen MR) is 70.4 cm³/mol. The van der Waals surface area contributed by atoms with Crippen LogP contribution in [0.1, 0.15) is 31.4 Å². The van der Waals surface area contributed by atoms with Crippen molar-refractivity contribution in [3.63, 3.8) is 0 Å². The average molecular weight is 237 g/mol. The zero-order valence-electron chi connectivity index (χ0n) is 11.0. The number of benzene rings is 1. The second-order valence-corrected chi connectivity index (χ2v) is 4.33. The summed E-state index contributed by atoms with van der Waals surface area (Å²) in [4.78, 5) is 0. The van der Waals surface area contributed by atoms with E-state index < -0.39 is 0 Å². The molecule has 1 atom stereocenters. The van der Waals surface area contributed by atoms with Crippen molar-refractivity contribution in [3.05, 3.63) is 29.3 Å². The molecule has 2 N–H and O–H groups in total. The summed E-state index contributed by atoms with van der Waals surface area (Å²) in [5.41, 5.74) is 2.32. The van der Waals surface area contributed by atoms with Gasteiger partial charge in [-0.25, -0.2) is 0 Å². The SMILES string of the molecule is CCNCc1cccc(C)c1OCCC(C)O. The van der Waals surface area contributed by atoms with Gasteiger partial charge >= 0.3 is 0 Å². The fraction of sp³-hybridized carbons (Fsp3) is 0.571. The molecule has 0 spiro atoms. The van der Waals surface area contributed by atoms with Crippen LogP contribution >= 0.6 is 0 Å². The first kappa shape index (κ1) is 14.0. The Balaban J connectivity index is 2.66. The standard InChI is InChI=1S/C14H23NO2/c1-4-15-10-13-7-5-6-11(2)14(13)17-9-8-12(3)16/h5-7,12,15-16H,4,8-10H2,1-3H3. The van der Waals surface area contributed by atoms with E-state index in [0.717, 1.165) is 24.4 Å². The lowest BCUT2D eigenvalue weighted by atomic mass is 10.1. The van der Waals surface area contributed by atoms with Crippen molar-refractivity contribution in [2.45, 2.75) is 39.8 Å². The van der Waals surface area contributed by atoms with Gasteiger partial charge in [-0.15, -0.1) is 0 Å². The molecule has 1 aromatic carbocycles. The zero-order valence-corrected chi connectivity index (χ0v) is 11.0. The van der Waals surface area contributed by atoms with Gasteiger partial charge < -0.3 is 15.2 Å². The van der Waals surface area contributed by atoms with E-state index in [2.05, 4.69) is 18.3 Å². The van der Waals surface area contributed by atoms with Crippen LogP contribution in [0.3, 0.4) is 0 Å². The minimum absolute atomic E-state index is 0.309. The Kier molecular flexibility index (Phi) is 6.01. The Bertz CT molecular complexity index is 337. The first-order chi connectivity index (χ1) is 8.15. The summed E-state index contributed by atoms with van der Waals surface area (Å²) in [6, 6.07) is 6.17. The molecule has 0 heterocycles. The van der Waals surface area contributed by atoms with Crippen LogP contribution < -0.4 is 10.1 Å². The summed E-state index contributed by atoms with van der Waals surface area (Å²) in [6.45, 7) is 8.24. The average Bonchev–Trinajstić information content (AvgIpc) is 2.29. The van der Waals surface area contributed by atoms with Crippen molar-refractivity contribution < 1.29 is 9.84 Å². The maximum absolute atomic E-state index is 9.22. The number of aliphatic hydroxyl groups excluding tert-OH is 1. The van der Waals surface area contributed by atoms with Gasteiger partial charge in [0.25, 0.3) is 0 Å². The van der Waals surface area contributed by atoms with Crippen molar-refractivity contribution in [1.82, 2.24) is 5.32 Å². The smallest absolute Gasteiger partial charge is 0.126 e. The second-order valence-electron chi connectivity index (χ2n) is 4.33. The number of para-hydroxylation sites is 1. The topological polar surface area (TPSA) is 41.5 Å². The van der Waals surface area contributed by atoms with E-state index in [-0.39, 0.29) is 6.10 Å². The van der Waals surface area contributed by atoms with Crippen molar-refractivity contribution >= 4 is 0 Å². The molecule has 96 valence electrons. The Morgan fingerprint density at radius 3 is 2.82 bits per heavy atom. The maximum Gasteiger partial charge on any atom is 0.126 e. The Morgan fingerprint density at radius 1 is 1.41 bits per heavy atom. The number of nitrogens with one attached hydrogen (secondary N) is 1. The first-order valence-electron chi connectivity index (χ1n) is 6.25. The van der Waals surface area contributed by atoms with Gasteiger partial charge in [0, 0.05) is 18.5 Å². The third-order valence-corrected chi connectivity index (χ3v) is 2.64. The molecule has 1 rings (SSSR count). The van der Waals surface area contributed by atoms with Gasteiger partial charge in [-0.1, -0.05) is 25.1 Å². The third kappa shape index (κ3) is 4.75. The van der Waals surface area contributed by atoms with Crippen molar-refractivity contribution in [1.29, 1.82) is 0 Å². The Hall–Kier alpha value is -1.06. The van der Waals surface area contributed by atoms with E-state index in [1.165, 1.54) is 5.56 Å². The zero-order chi connectivity index (χ0) is 12.7. The van der Waals surface area contributed by atoms with Crippen LogP contribution in [-0.2, 0) is 6.54 Å². The minimum atomic E-state index is -0.309. The van der Waals surface area contributed by atoms with Crippen LogP contribution in [-0.4, -0.2) is 24.4 Å². The number of ether oxygens (including phenoxy) is 1. The quantitative estimate of drug-likeness (QED) is 0.764. The highest BCUT2D eigenvalue weighted by molar-refractivity contribution is 5.40. The van der Waals surface area contributed by atoms with Crippen LogP contribution in [0, 0.1) is 6.92 Å². The van der Waals surface area contributed by atoms with E-state index >= 15 is 0 Å². The monoisotopic (exact) mass is 237 g/mol. The fourth-order valence-electron chi connectivity index (χ4n) is 1.65. The van der Waals surface area contributed by atoms with Crippen LogP contribution in [0.2, 0.25) is 0 Å². The molecule has 3 heteroatoms. The van der Waals surface area contributed by atoms with Crippen LogP contribution in [0.4, 0.5) is 0 Å². The lowest BCUT2D eigenvalue weighted by Crippen LogP contribution is -2.14. The van der Waals surface area contributed by atoms with E-state index in [1.54, 1.807) is 6.92 Å². The summed E-state index contributed by atoms with van der Waals surface area (Å²) < 4.78 is 5.78. The summed E-state index contributed by atoms with van der Waals surface area (Å²) in [5, 5.41) is 12.5. The Morgan fingerprint density at radius 2 is 2.18 bits per heavy atom. The molecule has 17 heavy (non-hydrogen) atoms. The molecule has 0 aliphatic rings. The van der Waals surface area contributed by atoms with Crippen molar-refractivity contribution in [3.8, 4) is 5.75 Å². The molecule has 0 saturated heterocycles. The van der Waals surface area contributed by atoms with Gasteiger partial charge in [0.2, 0.25) is 0 Å². The maximum atomic E-state index is 9.22. The summed E-state index contributed by atoms with van der Waals surface area (Å²) >= 11 is 0. The van der Waals surface area contributed by atoms with Crippen molar-refractivity contribution in [2.24, 2.45) is 0 Å².